The number of carbonyl (C=O) groups excluding carboxylic acids is 1. The molecule has 4 heteroatoms. The largest absolute Gasteiger partial charge is 0.317 e. The van der Waals surface area contributed by atoms with Crippen LogP contribution in [0.15, 0.2) is 24.3 Å². The average Bonchev–Trinajstić information content (AvgIpc) is 2.86. The first kappa shape index (κ1) is 15.8. The molecule has 1 spiro atoms. The van der Waals surface area contributed by atoms with Gasteiger partial charge >= 0.3 is 0 Å². The molecule has 2 saturated heterocycles. The molecule has 3 aliphatic heterocycles. The summed E-state index contributed by atoms with van der Waals surface area (Å²) in [5.41, 5.74) is 2.25. The molecule has 1 amide bonds. The van der Waals surface area contributed by atoms with Gasteiger partial charge in [-0.15, -0.1) is 0 Å². The van der Waals surface area contributed by atoms with E-state index in [0.717, 1.165) is 38.8 Å². The highest BCUT2D eigenvalue weighted by molar-refractivity contribution is 6.08. The van der Waals surface area contributed by atoms with E-state index in [0.29, 0.717) is 18.0 Å². The first-order valence-corrected chi connectivity index (χ1v) is 10.2. The topological polar surface area (TPSA) is 35.6 Å². The van der Waals surface area contributed by atoms with Gasteiger partial charge in [-0.25, -0.2) is 0 Å². The molecule has 134 valence electrons. The van der Waals surface area contributed by atoms with Gasteiger partial charge in [-0.2, -0.15) is 0 Å². The fourth-order valence-electron chi connectivity index (χ4n) is 5.59. The first-order chi connectivity index (χ1) is 12.3. The van der Waals surface area contributed by atoms with E-state index in [4.69, 9.17) is 0 Å². The van der Waals surface area contributed by atoms with Crippen molar-refractivity contribution in [3.8, 4) is 0 Å². The third-order valence-corrected chi connectivity index (χ3v) is 7.12. The van der Waals surface area contributed by atoms with Crippen LogP contribution in [0.25, 0.3) is 0 Å². The molecule has 1 N–H and O–H groups in total. The van der Waals surface area contributed by atoms with Crippen molar-refractivity contribution in [2.24, 2.45) is 0 Å². The van der Waals surface area contributed by atoms with Crippen molar-refractivity contribution in [2.45, 2.75) is 62.4 Å². The van der Waals surface area contributed by atoms with Crippen LogP contribution in [0.1, 0.15) is 50.5 Å². The van der Waals surface area contributed by atoms with E-state index in [1.54, 1.807) is 0 Å². The average molecular weight is 339 g/mol. The van der Waals surface area contributed by atoms with Gasteiger partial charge in [0.25, 0.3) is 0 Å². The van der Waals surface area contributed by atoms with Crippen molar-refractivity contribution in [1.82, 2.24) is 10.2 Å². The third-order valence-electron chi connectivity index (χ3n) is 7.12. The first-order valence-electron chi connectivity index (χ1n) is 10.2. The van der Waals surface area contributed by atoms with Gasteiger partial charge in [0.1, 0.15) is 0 Å². The Hall–Kier alpha value is -1.39. The van der Waals surface area contributed by atoms with Crippen LogP contribution < -0.4 is 10.2 Å². The van der Waals surface area contributed by atoms with Crippen LogP contribution in [-0.4, -0.2) is 49.1 Å². The number of hydrogen-bond acceptors (Lipinski definition) is 3. The van der Waals surface area contributed by atoms with E-state index in [1.165, 1.54) is 43.6 Å². The maximum Gasteiger partial charge on any atom is 0.238 e. The van der Waals surface area contributed by atoms with Crippen molar-refractivity contribution >= 4 is 11.6 Å². The standard InChI is InChI=1S/C21H29N3O/c25-20-21(8-10-22-11-9-21)18-6-2-3-7-19(18)24(20)17-14-16(15-17)23-12-4-1-5-13-23/h2-3,6-7,16-17,22H,1,4-5,8-15H2/t16-,17+. The lowest BCUT2D eigenvalue weighted by Gasteiger charge is -2.48. The molecular weight excluding hydrogens is 310 g/mol. The molecule has 4 nitrogen and oxygen atoms in total. The molecule has 0 bridgehead atoms. The van der Waals surface area contributed by atoms with Crippen LogP contribution in [0.2, 0.25) is 0 Å². The van der Waals surface area contributed by atoms with Gasteiger partial charge < -0.3 is 15.1 Å². The molecule has 0 atom stereocenters. The number of benzene rings is 1. The van der Waals surface area contributed by atoms with Crippen molar-refractivity contribution in [3.05, 3.63) is 29.8 Å². The predicted molar refractivity (Wildman–Crippen MR) is 99.9 cm³/mol. The van der Waals surface area contributed by atoms with E-state index < -0.39 is 0 Å². The van der Waals surface area contributed by atoms with Crippen molar-refractivity contribution in [1.29, 1.82) is 0 Å². The highest BCUT2D eigenvalue weighted by Crippen LogP contribution is 2.50. The fraction of sp³-hybridized carbons (Fsp3) is 0.667. The summed E-state index contributed by atoms with van der Waals surface area (Å²) in [7, 11) is 0. The van der Waals surface area contributed by atoms with Gasteiger partial charge in [0.2, 0.25) is 5.91 Å². The monoisotopic (exact) mass is 339 g/mol. The Morgan fingerprint density at radius 2 is 1.68 bits per heavy atom. The molecule has 0 radical (unpaired) electrons. The number of rotatable bonds is 2. The molecule has 25 heavy (non-hydrogen) atoms. The van der Waals surface area contributed by atoms with E-state index >= 15 is 0 Å². The SMILES string of the molecule is O=C1N([C@H]2C[C@@H](N3CCCCC3)C2)c2ccccc2C12CCNCC2. The lowest BCUT2D eigenvalue weighted by molar-refractivity contribution is -0.125. The van der Waals surface area contributed by atoms with Gasteiger partial charge in [0.05, 0.1) is 5.41 Å². The zero-order valence-electron chi connectivity index (χ0n) is 15.0. The van der Waals surface area contributed by atoms with Crippen LogP contribution >= 0.6 is 0 Å². The second-order valence-corrected chi connectivity index (χ2v) is 8.40. The quantitative estimate of drug-likeness (QED) is 0.900. The summed E-state index contributed by atoms with van der Waals surface area (Å²) in [6.45, 7) is 4.43. The highest BCUT2D eigenvalue weighted by Gasteiger charge is 2.54. The Kier molecular flexibility index (Phi) is 3.86. The minimum absolute atomic E-state index is 0.252. The van der Waals surface area contributed by atoms with Gasteiger partial charge in [-0.3, -0.25) is 4.79 Å². The number of hydrogen-bond donors (Lipinski definition) is 1. The maximum atomic E-state index is 13.5. The number of piperidine rings is 2. The molecule has 5 rings (SSSR count). The summed E-state index contributed by atoms with van der Waals surface area (Å²) in [4.78, 5) is 18.4. The number of para-hydroxylation sites is 1. The van der Waals surface area contributed by atoms with E-state index in [9.17, 15) is 4.79 Å². The van der Waals surface area contributed by atoms with Gasteiger partial charge in [0, 0.05) is 17.8 Å². The van der Waals surface area contributed by atoms with Gasteiger partial charge in [0.15, 0.2) is 0 Å². The van der Waals surface area contributed by atoms with Gasteiger partial charge in [-0.1, -0.05) is 24.6 Å². The zero-order valence-corrected chi connectivity index (χ0v) is 15.0. The number of nitrogens with zero attached hydrogens (tertiary/aromatic N) is 2. The Bertz CT molecular complexity index is 655. The van der Waals surface area contributed by atoms with Crippen molar-refractivity contribution < 1.29 is 4.79 Å². The maximum absolute atomic E-state index is 13.5. The van der Waals surface area contributed by atoms with Crippen LogP contribution in [0.5, 0.6) is 0 Å². The minimum atomic E-state index is -0.252. The second-order valence-electron chi connectivity index (χ2n) is 8.40. The summed E-state index contributed by atoms with van der Waals surface area (Å²) in [6, 6.07) is 9.71. The molecule has 4 aliphatic rings. The van der Waals surface area contributed by atoms with E-state index in [-0.39, 0.29) is 5.41 Å². The van der Waals surface area contributed by atoms with Crippen LogP contribution in [0, 0.1) is 0 Å². The van der Waals surface area contributed by atoms with Crippen LogP contribution in [0.4, 0.5) is 5.69 Å². The van der Waals surface area contributed by atoms with Crippen molar-refractivity contribution in [3.63, 3.8) is 0 Å². The minimum Gasteiger partial charge on any atom is -0.317 e. The molecule has 0 aromatic heterocycles. The number of likely N-dealkylation sites (tertiary alicyclic amines) is 1. The number of nitrogens with one attached hydrogen (secondary N) is 1. The molecule has 3 fully saturated rings. The predicted octanol–water partition coefficient (Wildman–Crippen LogP) is 2.67. The summed E-state index contributed by atoms with van der Waals surface area (Å²) < 4.78 is 0. The molecule has 1 aromatic rings. The molecular formula is C21H29N3O. The molecule has 1 aromatic carbocycles. The molecule has 3 heterocycles. The van der Waals surface area contributed by atoms with Crippen LogP contribution in [-0.2, 0) is 10.2 Å². The summed E-state index contributed by atoms with van der Waals surface area (Å²) in [5.74, 6) is 0.386. The van der Waals surface area contributed by atoms with Crippen molar-refractivity contribution in [2.75, 3.05) is 31.1 Å². The lowest BCUT2D eigenvalue weighted by Crippen LogP contribution is -2.58. The summed E-state index contributed by atoms with van der Waals surface area (Å²) in [6.07, 6.45) is 8.30. The summed E-state index contributed by atoms with van der Waals surface area (Å²) in [5, 5.41) is 3.43. The normalized spacial score (nSPS) is 31.8. The Morgan fingerprint density at radius 1 is 0.960 bits per heavy atom. The van der Waals surface area contributed by atoms with Crippen LogP contribution in [0.3, 0.4) is 0 Å². The molecule has 1 aliphatic carbocycles. The Labute approximate surface area is 150 Å². The van der Waals surface area contributed by atoms with E-state index in [2.05, 4.69) is 39.4 Å². The Morgan fingerprint density at radius 3 is 2.44 bits per heavy atom. The smallest absolute Gasteiger partial charge is 0.238 e. The lowest BCUT2D eigenvalue weighted by atomic mass is 9.74. The summed E-state index contributed by atoms with van der Waals surface area (Å²) >= 11 is 0. The third kappa shape index (κ3) is 2.37. The Balaban J connectivity index is 1.38. The molecule has 1 saturated carbocycles. The fourth-order valence-corrected chi connectivity index (χ4v) is 5.59. The molecule has 0 unspecified atom stereocenters. The number of amides is 1. The zero-order chi connectivity index (χ0) is 16.9. The number of carbonyl (C=O) groups is 1. The number of anilines is 1. The van der Waals surface area contributed by atoms with E-state index in [1.807, 2.05) is 0 Å². The number of fused-ring (bicyclic) bond motifs is 2. The highest BCUT2D eigenvalue weighted by atomic mass is 16.2. The van der Waals surface area contributed by atoms with Gasteiger partial charge in [-0.05, 0) is 76.3 Å². The second kappa shape index (κ2) is 6.10.